The molecule has 0 aliphatic heterocycles. The smallest absolute Gasteiger partial charge is 0.222 e. The van der Waals surface area contributed by atoms with E-state index < -0.39 is 0 Å². The van der Waals surface area contributed by atoms with Crippen LogP contribution in [0.15, 0.2) is 10.9 Å². The number of hydrogen-bond acceptors (Lipinski definition) is 2. The summed E-state index contributed by atoms with van der Waals surface area (Å²) in [5.41, 5.74) is 0. The van der Waals surface area contributed by atoms with Gasteiger partial charge in [-0.3, -0.25) is 4.79 Å². The van der Waals surface area contributed by atoms with Gasteiger partial charge in [0.1, 0.15) is 0 Å². The van der Waals surface area contributed by atoms with Crippen LogP contribution >= 0.6 is 15.9 Å². The zero-order valence-electron chi connectivity index (χ0n) is 6.97. The largest absolute Gasteiger partial charge is 0.324 e. The number of carbonyl (C=O) groups is 1. The van der Waals surface area contributed by atoms with Gasteiger partial charge in [-0.25, -0.2) is 4.98 Å². The SMILES string of the molecule is CCn1cc(NC(C)=O)nc1Br. The molecule has 0 unspecified atom stereocenters. The van der Waals surface area contributed by atoms with Crippen molar-refractivity contribution in [3.05, 3.63) is 10.9 Å². The number of halogens is 1. The Morgan fingerprint density at radius 3 is 2.92 bits per heavy atom. The number of nitrogens with one attached hydrogen (secondary N) is 1. The summed E-state index contributed by atoms with van der Waals surface area (Å²) >= 11 is 3.27. The van der Waals surface area contributed by atoms with Crippen molar-refractivity contribution in [2.24, 2.45) is 0 Å². The summed E-state index contributed by atoms with van der Waals surface area (Å²) < 4.78 is 2.62. The first-order chi connectivity index (χ1) is 5.63. The van der Waals surface area contributed by atoms with Crippen LogP contribution in [-0.4, -0.2) is 15.5 Å². The Hall–Kier alpha value is -0.840. The highest BCUT2D eigenvalue weighted by atomic mass is 79.9. The molecule has 0 radical (unpaired) electrons. The maximum atomic E-state index is 10.6. The third kappa shape index (κ3) is 2.07. The van der Waals surface area contributed by atoms with Crippen LogP contribution in [0.2, 0.25) is 0 Å². The van der Waals surface area contributed by atoms with Gasteiger partial charge in [0.05, 0.1) is 0 Å². The predicted octanol–water partition coefficient (Wildman–Crippen LogP) is 1.62. The summed E-state index contributed by atoms with van der Waals surface area (Å²) in [6.45, 7) is 4.29. The van der Waals surface area contributed by atoms with E-state index in [1.807, 2.05) is 11.5 Å². The molecule has 1 aromatic rings. The molecule has 0 aliphatic carbocycles. The van der Waals surface area contributed by atoms with Crippen molar-refractivity contribution in [1.82, 2.24) is 9.55 Å². The fourth-order valence-corrected chi connectivity index (χ4v) is 1.40. The second-order valence-corrected chi connectivity index (χ2v) is 3.07. The number of nitrogens with zero attached hydrogens (tertiary/aromatic N) is 2. The Morgan fingerprint density at radius 1 is 1.83 bits per heavy atom. The Labute approximate surface area is 79.1 Å². The third-order valence-electron chi connectivity index (χ3n) is 1.37. The predicted molar refractivity (Wildman–Crippen MR) is 49.9 cm³/mol. The molecule has 1 heterocycles. The topological polar surface area (TPSA) is 46.9 Å². The first-order valence-corrected chi connectivity index (χ1v) is 4.43. The number of anilines is 1. The van der Waals surface area contributed by atoms with Gasteiger partial charge in [0.2, 0.25) is 5.91 Å². The molecule has 1 N–H and O–H groups in total. The van der Waals surface area contributed by atoms with Gasteiger partial charge >= 0.3 is 0 Å². The Morgan fingerprint density at radius 2 is 2.50 bits per heavy atom. The van der Waals surface area contributed by atoms with Crippen molar-refractivity contribution in [2.45, 2.75) is 20.4 Å². The van der Waals surface area contributed by atoms with E-state index in [1.165, 1.54) is 6.92 Å². The Balaban J connectivity index is 2.82. The first-order valence-electron chi connectivity index (χ1n) is 3.63. The van der Waals surface area contributed by atoms with E-state index in [4.69, 9.17) is 0 Å². The molecular weight excluding hydrogens is 222 g/mol. The molecule has 12 heavy (non-hydrogen) atoms. The number of carbonyl (C=O) groups excluding carboxylic acids is 1. The molecule has 0 atom stereocenters. The van der Waals surface area contributed by atoms with Crippen LogP contribution in [0.4, 0.5) is 5.82 Å². The highest BCUT2D eigenvalue weighted by Crippen LogP contribution is 2.13. The molecule has 0 aromatic carbocycles. The average Bonchev–Trinajstić information content (AvgIpc) is 2.29. The fourth-order valence-electron chi connectivity index (χ4n) is 0.856. The third-order valence-corrected chi connectivity index (χ3v) is 2.01. The van der Waals surface area contributed by atoms with Gasteiger partial charge in [-0.05, 0) is 22.9 Å². The fraction of sp³-hybridized carbons (Fsp3) is 0.429. The first kappa shape index (κ1) is 9.25. The molecule has 0 saturated carbocycles. The molecular formula is C7H10BrN3O. The summed E-state index contributed by atoms with van der Waals surface area (Å²) in [4.78, 5) is 14.7. The number of aromatic nitrogens is 2. The van der Waals surface area contributed by atoms with Crippen LogP contribution in [0, 0.1) is 0 Å². The van der Waals surface area contributed by atoms with E-state index in [-0.39, 0.29) is 5.91 Å². The van der Waals surface area contributed by atoms with Gasteiger partial charge in [0, 0.05) is 19.7 Å². The van der Waals surface area contributed by atoms with Crippen LogP contribution in [0.3, 0.4) is 0 Å². The van der Waals surface area contributed by atoms with Gasteiger partial charge in [0.15, 0.2) is 10.6 Å². The molecule has 5 heteroatoms. The summed E-state index contributed by atoms with van der Waals surface area (Å²) in [5.74, 6) is 0.472. The minimum absolute atomic E-state index is 0.108. The van der Waals surface area contributed by atoms with Gasteiger partial charge in [-0.1, -0.05) is 0 Å². The van der Waals surface area contributed by atoms with Crippen LogP contribution in [0.1, 0.15) is 13.8 Å². The monoisotopic (exact) mass is 231 g/mol. The van der Waals surface area contributed by atoms with Crippen molar-refractivity contribution < 1.29 is 4.79 Å². The van der Waals surface area contributed by atoms with E-state index in [0.29, 0.717) is 5.82 Å². The van der Waals surface area contributed by atoms with Crippen LogP contribution in [0.25, 0.3) is 0 Å². The summed E-state index contributed by atoms with van der Waals surface area (Å²) in [6, 6.07) is 0. The quantitative estimate of drug-likeness (QED) is 0.842. The lowest BCUT2D eigenvalue weighted by Crippen LogP contribution is -2.05. The number of amides is 1. The lowest BCUT2D eigenvalue weighted by molar-refractivity contribution is -0.114. The van der Waals surface area contributed by atoms with Gasteiger partial charge in [-0.15, -0.1) is 0 Å². The minimum atomic E-state index is -0.108. The van der Waals surface area contributed by atoms with Gasteiger partial charge in [0.25, 0.3) is 0 Å². The summed E-state index contributed by atoms with van der Waals surface area (Å²) in [5, 5.41) is 2.60. The number of imidazole rings is 1. The zero-order chi connectivity index (χ0) is 9.14. The van der Waals surface area contributed by atoms with Crippen molar-refractivity contribution in [3.63, 3.8) is 0 Å². The second-order valence-electron chi connectivity index (χ2n) is 2.36. The highest BCUT2D eigenvalue weighted by molar-refractivity contribution is 9.10. The minimum Gasteiger partial charge on any atom is -0.324 e. The molecule has 0 saturated heterocycles. The lowest BCUT2D eigenvalue weighted by atomic mass is 10.6. The maximum absolute atomic E-state index is 10.6. The molecule has 0 bridgehead atoms. The van der Waals surface area contributed by atoms with Crippen molar-refractivity contribution in [1.29, 1.82) is 0 Å². The van der Waals surface area contributed by atoms with Crippen LogP contribution < -0.4 is 5.32 Å². The standard InChI is InChI=1S/C7H10BrN3O/c1-3-11-4-6(9-5(2)12)10-7(11)8/h4H,3H2,1-2H3,(H,9,12). The number of aryl methyl sites for hydroxylation is 1. The van der Waals surface area contributed by atoms with E-state index in [2.05, 4.69) is 26.2 Å². The number of hydrogen-bond donors (Lipinski definition) is 1. The van der Waals surface area contributed by atoms with Gasteiger partial charge < -0.3 is 9.88 Å². The molecule has 0 aliphatic rings. The molecule has 66 valence electrons. The summed E-state index contributed by atoms with van der Waals surface area (Å²) in [6.07, 6.45) is 1.78. The van der Waals surface area contributed by atoms with Crippen LogP contribution in [0.5, 0.6) is 0 Å². The lowest BCUT2D eigenvalue weighted by Gasteiger charge is -1.94. The molecule has 4 nitrogen and oxygen atoms in total. The highest BCUT2D eigenvalue weighted by Gasteiger charge is 2.03. The van der Waals surface area contributed by atoms with Crippen molar-refractivity contribution in [2.75, 3.05) is 5.32 Å². The Kier molecular flexibility index (Phi) is 2.86. The normalized spacial score (nSPS) is 9.92. The molecule has 1 aromatic heterocycles. The molecule has 1 rings (SSSR count). The molecule has 1 amide bonds. The van der Waals surface area contributed by atoms with Crippen molar-refractivity contribution in [3.8, 4) is 0 Å². The van der Waals surface area contributed by atoms with E-state index in [0.717, 1.165) is 11.3 Å². The van der Waals surface area contributed by atoms with E-state index in [1.54, 1.807) is 6.20 Å². The average molecular weight is 232 g/mol. The zero-order valence-corrected chi connectivity index (χ0v) is 8.55. The van der Waals surface area contributed by atoms with Crippen molar-refractivity contribution >= 4 is 27.7 Å². The van der Waals surface area contributed by atoms with E-state index in [9.17, 15) is 4.79 Å². The molecule has 0 spiro atoms. The summed E-state index contributed by atoms with van der Waals surface area (Å²) in [7, 11) is 0. The van der Waals surface area contributed by atoms with Crippen LogP contribution in [-0.2, 0) is 11.3 Å². The maximum Gasteiger partial charge on any atom is 0.222 e. The van der Waals surface area contributed by atoms with Gasteiger partial charge in [-0.2, -0.15) is 0 Å². The second kappa shape index (κ2) is 3.71. The Bertz CT molecular complexity index is 295. The van der Waals surface area contributed by atoms with E-state index >= 15 is 0 Å². The number of rotatable bonds is 2. The molecule has 0 fully saturated rings.